The van der Waals surface area contributed by atoms with E-state index in [1.54, 1.807) is 13.0 Å². The lowest BCUT2D eigenvalue weighted by atomic mass is 10.0. The molecule has 0 saturated carbocycles. The Morgan fingerprint density at radius 3 is 2.65 bits per heavy atom. The van der Waals surface area contributed by atoms with Crippen molar-refractivity contribution < 1.29 is 18.7 Å². The van der Waals surface area contributed by atoms with Crippen molar-refractivity contribution in [1.82, 2.24) is 10.6 Å². The fourth-order valence-corrected chi connectivity index (χ4v) is 2.80. The molecule has 0 aliphatic rings. The van der Waals surface area contributed by atoms with Crippen LogP contribution in [0.3, 0.4) is 0 Å². The molecule has 2 aromatic rings. The Balaban J connectivity index is 1.77. The van der Waals surface area contributed by atoms with Gasteiger partial charge < -0.3 is 15.7 Å². The Morgan fingerprint density at radius 1 is 1.26 bits per heavy atom. The van der Waals surface area contributed by atoms with Gasteiger partial charge in [0.1, 0.15) is 17.7 Å². The molecule has 0 bridgehead atoms. The van der Waals surface area contributed by atoms with Gasteiger partial charge in [0.2, 0.25) is 0 Å². The molecule has 0 aliphatic heterocycles. The number of carbonyl (C=O) groups is 1. The number of halogens is 2. The third-order valence-electron chi connectivity index (χ3n) is 3.39. The van der Waals surface area contributed by atoms with Gasteiger partial charge in [0.15, 0.2) is 0 Å². The molecule has 2 rings (SSSR count). The summed E-state index contributed by atoms with van der Waals surface area (Å²) < 4.78 is 26.5. The predicted octanol–water partition coefficient (Wildman–Crippen LogP) is 3.16. The number of nitrogens with one attached hydrogen (secondary N) is 2. The second-order valence-electron chi connectivity index (χ2n) is 5.19. The van der Waals surface area contributed by atoms with Crippen LogP contribution in [0.1, 0.15) is 29.4 Å². The first-order chi connectivity index (χ1) is 11.0. The zero-order chi connectivity index (χ0) is 16.8. The van der Waals surface area contributed by atoms with Crippen LogP contribution in [0.5, 0.6) is 0 Å². The third kappa shape index (κ3) is 5.01. The SMILES string of the molecule is C[C@H](CNC(=O)NC[C@H](O)c1cccs1)c1ccc(F)cc1F. The van der Waals surface area contributed by atoms with Crippen molar-refractivity contribution >= 4 is 17.4 Å². The molecule has 0 saturated heterocycles. The average molecular weight is 340 g/mol. The van der Waals surface area contributed by atoms with E-state index in [-0.39, 0.29) is 19.0 Å². The summed E-state index contributed by atoms with van der Waals surface area (Å²) in [6, 6.07) is 6.54. The number of rotatable bonds is 6. The van der Waals surface area contributed by atoms with Crippen molar-refractivity contribution in [3.8, 4) is 0 Å². The summed E-state index contributed by atoms with van der Waals surface area (Å²) >= 11 is 1.41. The van der Waals surface area contributed by atoms with E-state index in [2.05, 4.69) is 10.6 Å². The molecule has 0 aliphatic carbocycles. The van der Waals surface area contributed by atoms with Gasteiger partial charge in [0, 0.05) is 23.4 Å². The van der Waals surface area contributed by atoms with Gasteiger partial charge in [-0.05, 0) is 23.1 Å². The van der Waals surface area contributed by atoms with Gasteiger partial charge in [-0.2, -0.15) is 0 Å². The van der Waals surface area contributed by atoms with Crippen LogP contribution in [0.25, 0.3) is 0 Å². The summed E-state index contributed by atoms with van der Waals surface area (Å²) in [5.74, 6) is -1.57. The van der Waals surface area contributed by atoms with Crippen LogP contribution in [0.4, 0.5) is 13.6 Å². The Bertz CT molecular complexity index is 650. The molecule has 3 N–H and O–H groups in total. The first-order valence-electron chi connectivity index (χ1n) is 7.15. The number of amides is 2. The number of thiophene rings is 1. The normalized spacial score (nSPS) is 13.4. The van der Waals surface area contributed by atoms with E-state index in [1.165, 1.54) is 23.5 Å². The summed E-state index contributed by atoms with van der Waals surface area (Å²) in [4.78, 5) is 12.5. The minimum Gasteiger partial charge on any atom is -0.386 e. The van der Waals surface area contributed by atoms with Gasteiger partial charge in [-0.1, -0.05) is 19.1 Å². The maximum absolute atomic E-state index is 13.6. The van der Waals surface area contributed by atoms with E-state index in [1.807, 2.05) is 11.4 Å². The van der Waals surface area contributed by atoms with E-state index in [0.29, 0.717) is 5.56 Å². The van der Waals surface area contributed by atoms with E-state index in [0.717, 1.165) is 10.9 Å². The maximum atomic E-state index is 13.6. The molecule has 0 fully saturated rings. The highest BCUT2D eigenvalue weighted by Crippen LogP contribution is 2.19. The highest BCUT2D eigenvalue weighted by atomic mass is 32.1. The second kappa shape index (κ2) is 8.03. The molecule has 7 heteroatoms. The van der Waals surface area contributed by atoms with Crippen molar-refractivity contribution in [3.63, 3.8) is 0 Å². The highest BCUT2D eigenvalue weighted by Gasteiger charge is 2.14. The van der Waals surface area contributed by atoms with Crippen molar-refractivity contribution in [3.05, 3.63) is 57.8 Å². The molecule has 23 heavy (non-hydrogen) atoms. The molecule has 2 atom stereocenters. The molecule has 1 aromatic heterocycles. The Hall–Kier alpha value is -1.99. The third-order valence-corrected chi connectivity index (χ3v) is 4.36. The largest absolute Gasteiger partial charge is 0.386 e. The monoisotopic (exact) mass is 340 g/mol. The van der Waals surface area contributed by atoms with E-state index in [9.17, 15) is 18.7 Å². The van der Waals surface area contributed by atoms with Crippen LogP contribution < -0.4 is 10.6 Å². The molecular formula is C16H18F2N2O2S. The molecule has 1 heterocycles. The lowest BCUT2D eigenvalue weighted by Gasteiger charge is -2.15. The predicted molar refractivity (Wildman–Crippen MR) is 85.5 cm³/mol. The van der Waals surface area contributed by atoms with Crippen LogP contribution >= 0.6 is 11.3 Å². The van der Waals surface area contributed by atoms with Gasteiger partial charge in [-0.15, -0.1) is 11.3 Å². The van der Waals surface area contributed by atoms with Gasteiger partial charge >= 0.3 is 6.03 Å². The number of benzene rings is 1. The molecule has 0 unspecified atom stereocenters. The summed E-state index contributed by atoms with van der Waals surface area (Å²) in [6.45, 7) is 2.02. The van der Waals surface area contributed by atoms with E-state index < -0.39 is 23.8 Å². The van der Waals surface area contributed by atoms with Crippen LogP contribution in [-0.4, -0.2) is 24.2 Å². The van der Waals surface area contributed by atoms with Gasteiger partial charge in [-0.25, -0.2) is 13.6 Å². The quantitative estimate of drug-likeness (QED) is 0.756. The van der Waals surface area contributed by atoms with Crippen LogP contribution in [0.15, 0.2) is 35.7 Å². The number of hydrogen-bond donors (Lipinski definition) is 3. The van der Waals surface area contributed by atoms with Crippen molar-refractivity contribution in [2.45, 2.75) is 18.9 Å². The minimum absolute atomic E-state index is 0.0889. The number of hydrogen-bond acceptors (Lipinski definition) is 3. The molecule has 0 spiro atoms. The standard InChI is InChI=1S/C16H18F2N2O2S/c1-10(12-5-4-11(17)7-13(12)18)8-19-16(22)20-9-14(21)15-3-2-6-23-15/h2-7,10,14,21H,8-9H2,1H3,(H2,19,20,22)/t10-,14+/m1/s1. The smallest absolute Gasteiger partial charge is 0.314 e. The zero-order valence-electron chi connectivity index (χ0n) is 12.6. The average Bonchev–Trinajstić information content (AvgIpc) is 3.04. The summed E-state index contributed by atoms with van der Waals surface area (Å²) in [5.41, 5.74) is 0.338. The lowest BCUT2D eigenvalue weighted by Crippen LogP contribution is -2.39. The molecule has 4 nitrogen and oxygen atoms in total. The Labute approximate surface area is 137 Å². The van der Waals surface area contributed by atoms with Crippen LogP contribution in [0, 0.1) is 11.6 Å². The second-order valence-corrected chi connectivity index (χ2v) is 6.17. The van der Waals surface area contributed by atoms with Gasteiger partial charge in [0.05, 0.1) is 6.54 Å². The van der Waals surface area contributed by atoms with Crippen molar-refractivity contribution in [2.75, 3.05) is 13.1 Å². The van der Waals surface area contributed by atoms with Crippen LogP contribution in [0.2, 0.25) is 0 Å². The Morgan fingerprint density at radius 2 is 2.00 bits per heavy atom. The molecule has 0 radical (unpaired) electrons. The van der Waals surface area contributed by atoms with Crippen molar-refractivity contribution in [2.24, 2.45) is 0 Å². The molecule has 124 valence electrons. The topological polar surface area (TPSA) is 61.4 Å². The minimum atomic E-state index is -0.757. The first-order valence-corrected chi connectivity index (χ1v) is 8.03. The summed E-state index contributed by atoms with van der Waals surface area (Å²) in [6.07, 6.45) is -0.757. The Kier molecular flexibility index (Phi) is 6.06. The fraction of sp³-hybridized carbons (Fsp3) is 0.312. The first kappa shape index (κ1) is 17.4. The van der Waals surface area contributed by atoms with E-state index >= 15 is 0 Å². The molecule has 1 aromatic carbocycles. The lowest BCUT2D eigenvalue weighted by molar-refractivity contribution is 0.176. The fourth-order valence-electron chi connectivity index (χ4n) is 2.09. The van der Waals surface area contributed by atoms with Gasteiger partial charge in [0.25, 0.3) is 0 Å². The summed E-state index contributed by atoms with van der Waals surface area (Å²) in [5, 5.41) is 16.9. The number of aliphatic hydroxyl groups is 1. The van der Waals surface area contributed by atoms with Crippen LogP contribution in [-0.2, 0) is 0 Å². The number of aliphatic hydroxyl groups excluding tert-OH is 1. The van der Waals surface area contributed by atoms with Gasteiger partial charge in [-0.3, -0.25) is 0 Å². The number of carbonyl (C=O) groups excluding carboxylic acids is 1. The zero-order valence-corrected chi connectivity index (χ0v) is 13.4. The highest BCUT2D eigenvalue weighted by molar-refractivity contribution is 7.10. The van der Waals surface area contributed by atoms with E-state index in [4.69, 9.17) is 0 Å². The maximum Gasteiger partial charge on any atom is 0.314 e. The molecule has 2 amide bonds. The summed E-state index contributed by atoms with van der Waals surface area (Å²) in [7, 11) is 0. The van der Waals surface area contributed by atoms with Crippen molar-refractivity contribution in [1.29, 1.82) is 0 Å². The molecular weight excluding hydrogens is 322 g/mol. The number of urea groups is 1.